The highest BCUT2D eigenvalue weighted by molar-refractivity contribution is 5.71. The van der Waals surface area contributed by atoms with Gasteiger partial charge in [0.2, 0.25) is 0 Å². The molecule has 0 aliphatic heterocycles. The first kappa shape index (κ1) is 55.4. The van der Waals surface area contributed by atoms with Gasteiger partial charge in [0.05, 0.1) is 0 Å². The summed E-state index contributed by atoms with van der Waals surface area (Å²) in [5.74, 6) is 0.824. The molecule has 0 amide bonds. The van der Waals surface area contributed by atoms with Gasteiger partial charge in [-0.3, -0.25) is 14.4 Å². The zero-order valence-corrected chi connectivity index (χ0v) is 39.0. The second kappa shape index (κ2) is 44.0. The summed E-state index contributed by atoms with van der Waals surface area (Å²) < 4.78 is 16.8. The molecule has 6 nitrogen and oxygen atoms in total. The minimum Gasteiger partial charge on any atom is -0.462 e. The molecule has 0 aliphatic carbocycles. The molecular formula is C51H98O6. The van der Waals surface area contributed by atoms with Crippen LogP contribution in [-0.2, 0) is 28.6 Å². The first-order valence-electron chi connectivity index (χ1n) is 25.3. The zero-order valence-electron chi connectivity index (χ0n) is 39.0. The highest BCUT2D eigenvalue weighted by Gasteiger charge is 2.19. The van der Waals surface area contributed by atoms with Crippen LogP contribution in [0.3, 0.4) is 0 Å². The van der Waals surface area contributed by atoms with Crippen molar-refractivity contribution in [3.63, 3.8) is 0 Å². The Bertz CT molecular complexity index is 872. The third kappa shape index (κ3) is 43.8. The molecule has 0 bridgehead atoms. The van der Waals surface area contributed by atoms with E-state index in [1.165, 1.54) is 167 Å². The Morgan fingerprint density at radius 2 is 0.667 bits per heavy atom. The molecule has 0 saturated heterocycles. The summed E-state index contributed by atoms with van der Waals surface area (Å²) in [5.41, 5.74) is 0. The average molecular weight is 807 g/mol. The van der Waals surface area contributed by atoms with Crippen molar-refractivity contribution in [3.8, 4) is 0 Å². The number of hydrogen-bond acceptors (Lipinski definition) is 6. The van der Waals surface area contributed by atoms with Crippen molar-refractivity contribution in [2.75, 3.05) is 13.2 Å². The van der Waals surface area contributed by atoms with E-state index < -0.39 is 6.10 Å². The molecule has 0 N–H and O–H groups in total. The topological polar surface area (TPSA) is 78.9 Å². The fourth-order valence-corrected chi connectivity index (χ4v) is 7.60. The molecule has 6 heteroatoms. The molecule has 338 valence electrons. The molecular weight excluding hydrogens is 709 g/mol. The summed E-state index contributed by atoms with van der Waals surface area (Å²) in [5, 5.41) is 0. The van der Waals surface area contributed by atoms with Crippen LogP contribution in [0.2, 0.25) is 0 Å². The van der Waals surface area contributed by atoms with E-state index in [9.17, 15) is 14.4 Å². The van der Waals surface area contributed by atoms with Gasteiger partial charge in [-0.1, -0.05) is 240 Å². The molecule has 0 radical (unpaired) electrons. The SMILES string of the molecule is CCCCCCCCCCCCCCCC(=O)OC[C@H](COC(=O)CCCCCCCCCCCCC(C)CC)OC(=O)CCCCCCCCCCCC(C)C. The lowest BCUT2D eigenvalue weighted by Gasteiger charge is -2.18. The molecule has 0 rings (SSSR count). The minimum absolute atomic E-state index is 0.0642. The fourth-order valence-electron chi connectivity index (χ4n) is 7.60. The van der Waals surface area contributed by atoms with Gasteiger partial charge in [-0.25, -0.2) is 0 Å². The van der Waals surface area contributed by atoms with Crippen LogP contribution >= 0.6 is 0 Å². The Labute approximate surface area is 355 Å². The highest BCUT2D eigenvalue weighted by atomic mass is 16.6. The van der Waals surface area contributed by atoms with Gasteiger partial charge in [-0.15, -0.1) is 0 Å². The Kier molecular flexibility index (Phi) is 42.7. The van der Waals surface area contributed by atoms with Gasteiger partial charge in [0.15, 0.2) is 6.10 Å². The Morgan fingerprint density at radius 3 is 1.00 bits per heavy atom. The van der Waals surface area contributed by atoms with Crippen LogP contribution in [0.5, 0.6) is 0 Å². The molecule has 0 aromatic carbocycles. The number of hydrogen-bond donors (Lipinski definition) is 0. The number of carbonyl (C=O) groups is 3. The summed E-state index contributed by atoms with van der Waals surface area (Å²) in [7, 11) is 0. The maximum Gasteiger partial charge on any atom is 0.306 e. The molecule has 0 aromatic heterocycles. The van der Waals surface area contributed by atoms with E-state index in [1.807, 2.05) is 0 Å². The van der Waals surface area contributed by atoms with Crippen LogP contribution < -0.4 is 0 Å². The van der Waals surface area contributed by atoms with Gasteiger partial charge in [-0.2, -0.15) is 0 Å². The van der Waals surface area contributed by atoms with Crippen LogP contribution in [-0.4, -0.2) is 37.2 Å². The smallest absolute Gasteiger partial charge is 0.306 e. The average Bonchev–Trinajstić information content (AvgIpc) is 3.19. The van der Waals surface area contributed by atoms with Gasteiger partial charge in [0, 0.05) is 19.3 Å². The third-order valence-electron chi connectivity index (χ3n) is 11.8. The third-order valence-corrected chi connectivity index (χ3v) is 11.8. The quantitative estimate of drug-likeness (QED) is 0.0346. The van der Waals surface area contributed by atoms with E-state index in [4.69, 9.17) is 14.2 Å². The van der Waals surface area contributed by atoms with Crippen molar-refractivity contribution >= 4 is 17.9 Å². The van der Waals surface area contributed by atoms with E-state index in [-0.39, 0.29) is 31.1 Å². The maximum atomic E-state index is 12.8. The first-order chi connectivity index (χ1) is 27.8. The molecule has 0 fully saturated rings. The Morgan fingerprint density at radius 1 is 0.368 bits per heavy atom. The van der Waals surface area contributed by atoms with Crippen molar-refractivity contribution < 1.29 is 28.6 Å². The summed E-state index contributed by atoms with van der Waals surface area (Å²) in [6, 6.07) is 0. The summed E-state index contributed by atoms with van der Waals surface area (Å²) in [6.45, 7) is 11.4. The second-order valence-electron chi connectivity index (χ2n) is 18.2. The molecule has 0 aromatic rings. The molecule has 0 saturated carbocycles. The fraction of sp³-hybridized carbons (Fsp3) is 0.941. The summed E-state index contributed by atoms with van der Waals surface area (Å²) in [4.78, 5) is 37.9. The number of esters is 3. The standard InChI is InChI=1S/C51H98O6/c1-6-8-9-10-11-12-13-14-15-21-26-31-36-41-49(52)55-44-48(57-51(54)43-38-33-28-23-18-19-24-29-34-39-46(3)4)45-56-50(53)42-37-32-27-22-17-16-20-25-30-35-40-47(5)7-2/h46-48H,6-45H2,1-5H3/t47?,48-/m1/s1. The van der Waals surface area contributed by atoms with E-state index in [0.717, 1.165) is 69.6 Å². The molecule has 0 spiro atoms. The largest absolute Gasteiger partial charge is 0.462 e. The van der Waals surface area contributed by atoms with E-state index in [0.29, 0.717) is 19.3 Å². The van der Waals surface area contributed by atoms with Crippen LogP contribution in [0.25, 0.3) is 0 Å². The Balaban J connectivity index is 4.33. The molecule has 1 unspecified atom stereocenters. The minimum atomic E-state index is -0.761. The second-order valence-corrected chi connectivity index (χ2v) is 18.2. The van der Waals surface area contributed by atoms with Gasteiger partial charge in [0.25, 0.3) is 0 Å². The molecule has 57 heavy (non-hydrogen) atoms. The zero-order chi connectivity index (χ0) is 41.9. The van der Waals surface area contributed by atoms with Crippen molar-refractivity contribution in [2.24, 2.45) is 11.8 Å². The summed E-state index contributed by atoms with van der Waals surface area (Å²) in [6.07, 6.45) is 43.6. The molecule has 2 atom stereocenters. The maximum absolute atomic E-state index is 12.8. The predicted molar refractivity (Wildman–Crippen MR) is 243 cm³/mol. The van der Waals surface area contributed by atoms with Gasteiger partial charge in [-0.05, 0) is 31.1 Å². The van der Waals surface area contributed by atoms with Gasteiger partial charge < -0.3 is 14.2 Å². The predicted octanol–water partition coefficient (Wildman–Crippen LogP) is 16.1. The molecule has 0 heterocycles. The van der Waals surface area contributed by atoms with E-state index in [2.05, 4.69) is 34.6 Å². The van der Waals surface area contributed by atoms with Crippen LogP contribution in [0.1, 0.15) is 279 Å². The molecule has 0 aliphatic rings. The summed E-state index contributed by atoms with van der Waals surface area (Å²) >= 11 is 0. The van der Waals surface area contributed by atoms with Crippen molar-refractivity contribution in [3.05, 3.63) is 0 Å². The Hall–Kier alpha value is -1.59. The van der Waals surface area contributed by atoms with Crippen molar-refractivity contribution in [1.29, 1.82) is 0 Å². The lowest BCUT2D eigenvalue weighted by molar-refractivity contribution is -0.167. The highest BCUT2D eigenvalue weighted by Crippen LogP contribution is 2.18. The van der Waals surface area contributed by atoms with E-state index in [1.54, 1.807) is 0 Å². The van der Waals surface area contributed by atoms with Crippen LogP contribution in [0, 0.1) is 11.8 Å². The van der Waals surface area contributed by atoms with Crippen molar-refractivity contribution in [2.45, 2.75) is 285 Å². The lowest BCUT2D eigenvalue weighted by Crippen LogP contribution is -2.30. The number of unbranched alkanes of at least 4 members (excludes halogenated alkanes) is 29. The van der Waals surface area contributed by atoms with Crippen LogP contribution in [0.4, 0.5) is 0 Å². The van der Waals surface area contributed by atoms with E-state index >= 15 is 0 Å². The monoisotopic (exact) mass is 807 g/mol. The number of ether oxygens (including phenoxy) is 3. The van der Waals surface area contributed by atoms with Gasteiger partial charge >= 0.3 is 17.9 Å². The van der Waals surface area contributed by atoms with Crippen molar-refractivity contribution in [1.82, 2.24) is 0 Å². The lowest BCUT2D eigenvalue weighted by atomic mass is 9.99. The van der Waals surface area contributed by atoms with Crippen LogP contribution in [0.15, 0.2) is 0 Å². The number of rotatable bonds is 45. The first-order valence-corrected chi connectivity index (χ1v) is 25.3. The normalized spacial score (nSPS) is 12.5. The van der Waals surface area contributed by atoms with Gasteiger partial charge in [0.1, 0.15) is 13.2 Å². The number of carbonyl (C=O) groups excluding carboxylic acids is 3.